The molecule has 0 aromatic carbocycles. The Morgan fingerprint density at radius 1 is 1.29 bits per heavy atom. The highest BCUT2D eigenvalue weighted by Crippen LogP contribution is 2.45. The monoisotopic (exact) mass is 284 g/mol. The van der Waals surface area contributed by atoms with E-state index >= 15 is 0 Å². The highest BCUT2D eigenvalue weighted by Gasteiger charge is 2.29. The lowest BCUT2D eigenvalue weighted by Crippen LogP contribution is -2.12. The molecule has 1 aromatic rings. The smallest absolute Gasteiger partial charge is 0.126 e. The zero-order valence-corrected chi connectivity index (χ0v) is 12.8. The van der Waals surface area contributed by atoms with Gasteiger partial charge in [0.1, 0.15) is 5.75 Å². The largest absolute Gasteiger partial charge is 0.493 e. The van der Waals surface area contributed by atoms with E-state index in [2.05, 4.69) is 35.6 Å². The molecule has 0 saturated heterocycles. The van der Waals surface area contributed by atoms with Crippen molar-refractivity contribution in [1.29, 1.82) is 0 Å². The molecule has 3 aliphatic rings. The lowest BCUT2D eigenvalue weighted by atomic mass is 10.1. The maximum Gasteiger partial charge on any atom is 0.126 e. The molecule has 4 rings (SSSR count). The molecule has 1 N–H and O–H groups in total. The number of nitrogens with zero attached hydrogens (tertiary/aromatic N) is 1. The highest BCUT2D eigenvalue weighted by atomic mass is 16.5. The summed E-state index contributed by atoms with van der Waals surface area (Å²) >= 11 is 0. The van der Waals surface area contributed by atoms with Crippen LogP contribution in [0.1, 0.15) is 56.2 Å². The quantitative estimate of drug-likeness (QED) is 0.864. The van der Waals surface area contributed by atoms with E-state index in [4.69, 9.17) is 4.74 Å². The first-order valence-electron chi connectivity index (χ1n) is 8.42. The maximum atomic E-state index is 6.12. The van der Waals surface area contributed by atoms with Crippen LogP contribution < -0.4 is 10.1 Å². The first kappa shape index (κ1) is 13.2. The van der Waals surface area contributed by atoms with E-state index in [0.29, 0.717) is 11.8 Å². The molecule has 1 aliphatic heterocycles. The normalized spacial score (nSPS) is 24.6. The van der Waals surface area contributed by atoms with E-state index in [1.165, 1.54) is 43.4 Å². The van der Waals surface area contributed by atoms with E-state index in [1.807, 2.05) is 0 Å². The van der Waals surface area contributed by atoms with E-state index in [0.717, 1.165) is 30.5 Å². The fraction of sp³-hybridized carbons (Fsp3) is 0.611. The number of pyridine rings is 1. The van der Waals surface area contributed by atoms with Gasteiger partial charge in [0.25, 0.3) is 0 Å². The average Bonchev–Trinajstić information content (AvgIpc) is 3.43. The number of hydrogen-bond acceptors (Lipinski definition) is 3. The van der Waals surface area contributed by atoms with E-state index < -0.39 is 0 Å². The summed E-state index contributed by atoms with van der Waals surface area (Å²) in [6.45, 7) is 4.16. The Balaban J connectivity index is 1.57. The van der Waals surface area contributed by atoms with Gasteiger partial charge in [-0.05, 0) is 49.9 Å². The molecule has 0 amide bonds. The van der Waals surface area contributed by atoms with Crippen LogP contribution in [0.4, 0.5) is 0 Å². The van der Waals surface area contributed by atoms with Crippen LogP contribution in [-0.2, 0) is 0 Å². The van der Waals surface area contributed by atoms with Gasteiger partial charge in [0.15, 0.2) is 0 Å². The minimum atomic E-state index is 0.640. The summed E-state index contributed by atoms with van der Waals surface area (Å²) in [5.41, 5.74) is 3.55. The van der Waals surface area contributed by atoms with Crippen LogP contribution in [0.15, 0.2) is 18.3 Å². The summed E-state index contributed by atoms with van der Waals surface area (Å²) in [4.78, 5) is 4.68. The Bertz CT molecular complexity index is 558. The van der Waals surface area contributed by atoms with Crippen LogP contribution in [0.25, 0.3) is 5.70 Å². The van der Waals surface area contributed by atoms with Crippen LogP contribution in [0.2, 0.25) is 0 Å². The molecule has 2 saturated carbocycles. The summed E-state index contributed by atoms with van der Waals surface area (Å²) < 4.78 is 6.12. The third-order valence-corrected chi connectivity index (χ3v) is 4.84. The average molecular weight is 284 g/mol. The molecule has 3 nitrogen and oxygen atoms in total. The van der Waals surface area contributed by atoms with Crippen LogP contribution in [0.3, 0.4) is 0 Å². The predicted molar refractivity (Wildman–Crippen MR) is 84.2 cm³/mol. The molecule has 112 valence electrons. The van der Waals surface area contributed by atoms with Gasteiger partial charge in [0, 0.05) is 24.4 Å². The summed E-state index contributed by atoms with van der Waals surface area (Å²) in [6.07, 6.45) is 10.8. The summed E-state index contributed by atoms with van der Waals surface area (Å²) in [7, 11) is 0. The van der Waals surface area contributed by atoms with Gasteiger partial charge in [-0.15, -0.1) is 0 Å². The third kappa shape index (κ3) is 2.92. The molecule has 1 atom stereocenters. The molecule has 1 aromatic heterocycles. The number of hydrogen-bond donors (Lipinski definition) is 1. The molecule has 21 heavy (non-hydrogen) atoms. The Kier molecular flexibility index (Phi) is 3.36. The van der Waals surface area contributed by atoms with Gasteiger partial charge in [-0.25, -0.2) is 0 Å². The number of rotatable bonds is 6. The molecular formula is C18H24N2O. The van der Waals surface area contributed by atoms with Gasteiger partial charge < -0.3 is 10.1 Å². The van der Waals surface area contributed by atoms with Crippen molar-refractivity contribution in [2.75, 3.05) is 13.2 Å². The topological polar surface area (TPSA) is 34.1 Å². The lowest BCUT2D eigenvalue weighted by Gasteiger charge is -2.13. The fourth-order valence-electron chi connectivity index (χ4n) is 2.95. The van der Waals surface area contributed by atoms with Gasteiger partial charge in [-0.3, -0.25) is 4.98 Å². The van der Waals surface area contributed by atoms with Crippen LogP contribution in [-0.4, -0.2) is 18.1 Å². The van der Waals surface area contributed by atoms with Crippen molar-refractivity contribution in [3.63, 3.8) is 0 Å². The minimum Gasteiger partial charge on any atom is -0.493 e. The number of nitrogens with one attached hydrogen (secondary N) is 1. The highest BCUT2D eigenvalue weighted by molar-refractivity contribution is 5.65. The summed E-state index contributed by atoms with van der Waals surface area (Å²) in [5.74, 6) is 3.20. The number of ether oxygens (including phenoxy) is 1. The Morgan fingerprint density at radius 3 is 2.81 bits per heavy atom. The van der Waals surface area contributed by atoms with Crippen molar-refractivity contribution < 1.29 is 4.74 Å². The van der Waals surface area contributed by atoms with Crippen LogP contribution >= 0.6 is 0 Å². The van der Waals surface area contributed by atoms with Crippen molar-refractivity contribution in [2.45, 2.75) is 44.9 Å². The van der Waals surface area contributed by atoms with Crippen LogP contribution in [0, 0.1) is 11.8 Å². The van der Waals surface area contributed by atoms with E-state index in [-0.39, 0.29) is 0 Å². The molecule has 0 radical (unpaired) electrons. The van der Waals surface area contributed by atoms with Gasteiger partial charge in [-0.2, -0.15) is 0 Å². The molecule has 2 aliphatic carbocycles. The van der Waals surface area contributed by atoms with Crippen molar-refractivity contribution in [2.24, 2.45) is 11.8 Å². The first-order valence-corrected chi connectivity index (χ1v) is 8.42. The third-order valence-electron chi connectivity index (χ3n) is 4.84. The van der Waals surface area contributed by atoms with Crippen molar-refractivity contribution >= 4 is 5.70 Å². The first-order chi connectivity index (χ1) is 10.3. The Labute approximate surface area is 126 Å². The van der Waals surface area contributed by atoms with Gasteiger partial charge in [0.2, 0.25) is 0 Å². The maximum absolute atomic E-state index is 6.12. The van der Waals surface area contributed by atoms with Gasteiger partial charge in [-0.1, -0.05) is 13.0 Å². The van der Waals surface area contributed by atoms with Crippen LogP contribution in [0.5, 0.6) is 5.75 Å². The SMILES string of the molecule is CCC1C=C(c2cc(OCC3CC3)c(C3CC3)cn2)NC1. The fourth-order valence-corrected chi connectivity index (χ4v) is 2.95. The standard InChI is InChI=1S/C18H24N2O/c1-2-12-7-16(19-9-12)17-8-18(21-11-13-3-4-13)15(10-20-17)14-5-6-14/h7-8,10,12-14,19H,2-6,9,11H2,1H3. The second-order valence-corrected chi connectivity index (χ2v) is 6.77. The predicted octanol–water partition coefficient (Wildman–Crippen LogP) is 3.72. The summed E-state index contributed by atoms with van der Waals surface area (Å²) in [5, 5.41) is 3.49. The summed E-state index contributed by atoms with van der Waals surface area (Å²) in [6, 6.07) is 2.16. The second kappa shape index (κ2) is 5.36. The van der Waals surface area contributed by atoms with Crippen molar-refractivity contribution in [3.8, 4) is 5.75 Å². The van der Waals surface area contributed by atoms with Gasteiger partial charge >= 0.3 is 0 Å². The Hall–Kier alpha value is -1.51. The van der Waals surface area contributed by atoms with E-state index in [9.17, 15) is 0 Å². The lowest BCUT2D eigenvalue weighted by molar-refractivity contribution is 0.296. The van der Waals surface area contributed by atoms with Crippen molar-refractivity contribution in [3.05, 3.63) is 29.6 Å². The molecule has 2 heterocycles. The molecular weight excluding hydrogens is 260 g/mol. The number of aromatic nitrogens is 1. The minimum absolute atomic E-state index is 0.640. The molecule has 3 heteroatoms. The van der Waals surface area contributed by atoms with Crippen molar-refractivity contribution in [1.82, 2.24) is 10.3 Å². The zero-order valence-electron chi connectivity index (χ0n) is 12.8. The molecule has 0 spiro atoms. The molecule has 0 bridgehead atoms. The van der Waals surface area contributed by atoms with E-state index in [1.54, 1.807) is 0 Å². The molecule has 2 fully saturated rings. The Morgan fingerprint density at radius 2 is 2.14 bits per heavy atom. The zero-order chi connectivity index (χ0) is 14.2. The molecule has 1 unspecified atom stereocenters. The second-order valence-electron chi connectivity index (χ2n) is 6.77. The van der Waals surface area contributed by atoms with Gasteiger partial charge in [0.05, 0.1) is 18.0 Å².